The number of carbonyl (C=O) groups is 5. The Labute approximate surface area is 431 Å². The highest BCUT2D eigenvalue weighted by Crippen LogP contribution is 2.46. The molecular weight excluding hydrogens is 923 g/mol. The number of rotatable bonds is 12. The highest BCUT2D eigenvalue weighted by Gasteiger charge is 2.53. The molecule has 1 aliphatic carbocycles. The number of fused-ring (bicyclic) bond motifs is 6. The first-order valence-electron chi connectivity index (χ1n) is 26.3. The van der Waals surface area contributed by atoms with Crippen molar-refractivity contribution in [3.8, 4) is 28.1 Å². The van der Waals surface area contributed by atoms with Crippen molar-refractivity contribution in [1.82, 2.24) is 35.0 Å². The van der Waals surface area contributed by atoms with Gasteiger partial charge in [-0.2, -0.15) is 0 Å². The van der Waals surface area contributed by atoms with Gasteiger partial charge in [0.2, 0.25) is 23.6 Å². The molecule has 4 heterocycles. The van der Waals surface area contributed by atoms with E-state index < -0.39 is 40.8 Å². The third-order valence-corrected chi connectivity index (χ3v) is 15.7. The average Bonchev–Trinajstić information content (AvgIpc) is 4.08. The van der Waals surface area contributed by atoms with Crippen molar-refractivity contribution >= 4 is 40.5 Å². The van der Waals surface area contributed by atoms with E-state index in [4.69, 9.17) is 9.47 Å². The van der Waals surface area contributed by atoms with Crippen molar-refractivity contribution in [3.63, 3.8) is 0 Å². The summed E-state index contributed by atoms with van der Waals surface area (Å²) in [7, 11) is 7.49. The number of hydrogen-bond donors (Lipinski definition) is 3. The number of cyclic esters (lactones) is 1. The Kier molecular flexibility index (Phi) is 15.9. The molecule has 5 atom stereocenters. The highest BCUT2D eigenvalue weighted by molar-refractivity contribution is 5.96. The lowest BCUT2D eigenvalue weighted by Crippen LogP contribution is -2.63. The van der Waals surface area contributed by atoms with Gasteiger partial charge in [-0.1, -0.05) is 71.0 Å². The Morgan fingerprint density at radius 2 is 1.77 bits per heavy atom. The van der Waals surface area contributed by atoms with Crippen molar-refractivity contribution < 1.29 is 38.6 Å². The second-order valence-electron chi connectivity index (χ2n) is 22.5. The maximum absolute atomic E-state index is 15.5. The van der Waals surface area contributed by atoms with E-state index >= 15 is 4.79 Å². The summed E-state index contributed by atoms with van der Waals surface area (Å²) in [6, 6.07) is 16.3. The molecule has 4 aromatic rings. The lowest BCUT2D eigenvalue weighted by Gasteiger charge is -2.42. The van der Waals surface area contributed by atoms with Crippen LogP contribution in [0.4, 0.5) is 0 Å². The summed E-state index contributed by atoms with van der Waals surface area (Å²) in [6.45, 7) is 16.9. The predicted molar refractivity (Wildman–Crippen MR) is 283 cm³/mol. The van der Waals surface area contributed by atoms with Gasteiger partial charge >= 0.3 is 5.97 Å². The topological polar surface area (TPSA) is 166 Å². The summed E-state index contributed by atoms with van der Waals surface area (Å²) >= 11 is 0. The summed E-state index contributed by atoms with van der Waals surface area (Å²) in [6.07, 6.45) is 5.11. The van der Waals surface area contributed by atoms with E-state index in [1.807, 2.05) is 19.9 Å². The number of benzene rings is 3. The number of ether oxygens (including phenoxy) is 2. The van der Waals surface area contributed by atoms with Gasteiger partial charge in [0.05, 0.1) is 30.2 Å². The number of phenols is 1. The van der Waals surface area contributed by atoms with Crippen molar-refractivity contribution in [1.29, 1.82) is 0 Å². The molecule has 1 spiro atoms. The molecule has 8 rings (SSSR count). The Hall–Kier alpha value is -6.03. The summed E-state index contributed by atoms with van der Waals surface area (Å²) in [5.74, 6) is -2.17. The van der Waals surface area contributed by atoms with Gasteiger partial charge in [0.15, 0.2) is 0 Å². The largest absolute Gasteiger partial charge is 0.508 e. The van der Waals surface area contributed by atoms with Crippen molar-refractivity contribution in [2.24, 2.45) is 22.7 Å². The van der Waals surface area contributed by atoms with Crippen LogP contribution in [0.3, 0.4) is 0 Å². The molecule has 73 heavy (non-hydrogen) atoms. The van der Waals surface area contributed by atoms with Crippen LogP contribution >= 0.6 is 0 Å². The van der Waals surface area contributed by atoms with E-state index in [9.17, 15) is 24.3 Å². The van der Waals surface area contributed by atoms with E-state index in [1.54, 1.807) is 36.2 Å². The molecule has 1 aromatic heterocycles. The molecule has 4 amide bonds. The maximum atomic E-state index is 15.5. The lowest BCUT2D eigenvalue weighted by molar-refractivity contribution is -0.158. The van der Waals surface area contributed by atoms with Crippen LogP contribution < -0.4 is 10.7 Å². The number of carbonyl (C=O) groups excluding carboxylic acids is 5. The number of likely N-dealkylation sites (tertiary alicyclic amines) is 1. The van der Waals surface area contributed by atoms with Gasteiger partial charge in [0, 0.05) is 74.8 Å². The highest BCUT2D eigenvalue weighted by atomic mass is 16.5. The standard InChI is InChI=1S/C58H77N7O8/c1-11-50(67)63-24-21-40(33-63)54(69)62(9)51(36(3)4)53(68)59-49-16-13-22-58(49)30-38-26-41(28-43(66)27-38)39-18-20-48-45(29-39)46(31-57(5,6)35-73-55(70)47-15-14-23-65(60-47)56(58)71)52(64(48)12-2)44-19-17-37(32-61(7)8)25-42(44)34-72-10/h11,17-20,25-29,36,40,47,49,51,60,66H,1,12-16,21-24,30-35H2,2-10H3,(H,59,68)/t40-,47-,49?,51-,58?/m0/s1. The van der Waals surface area contributed by atoms with E-state index in [2.05, 4.69) is 98.1 Å². The van der Waals surface area contributed by atoms with Crippen LogP contribution in [0.15, 0.2) is 67.3 Å². The van der Waals surface area contributed by atoms with E-state index in [0.717, 1.165) is 56.5 Å². The number of phenolic OH excluding ortho intramolecular Hbond substituents is 1. The van der Waals surface area contributed by atoms with Gasteiger partial charge in [-0.25, -0.2) is 5.43 Å². The molecular formula is C58H77N7O8. The zero-order valence-corrected chi connectivity index (χ0v) is 44.5. The van der Waals surface area contributed by atoms with Crippen molar-refractivity contribution in [3.05, 3.63) is 89.5 Å². The van der Waals surface area contributed by atoms with Gasteiger partial charge in [-0.15, -0.1) is 0 Å². The number of amides is 4. The molecule has 2 saturated heterocycles. The summed E-state index contributed by atoms with van der Waals surface area (Å²) in [5, 5.41) is 17.5. The van der Waals surface area contributed by atoms with E-state index in [-0.39, 0.29) is 54.9 Å². The SMILES string of the molecule is C=CC(=O)N1CC[C@H](C(=O)N(C)[C@H](C(=O)NC2CCCC23Cc2cc(O)cc(c2)-c2ccc4c(c2)c(c(-c2ccc(CN(C)C)cc2COC)n4CC)CC(C)(C)COC(=O)[C@@H]2CCCN(N2)C3=O)C(C)C)C1. The number of likely N-dealkylation sites (N-methyl/N-ethyl adjacent to an activating group) is 1. The Morgan fingerprint density at radius 3 is 2.48 bits per heavy atom. The summed E-state index contributed by atoms with van der Waals surface area (Å²) < 4.78 is 14.4. The number of hydrazine groups is 1. The van der Waals surface area contributed by atoms with Crippen LogP contribution in [0.25, 0.3) is 33.3 Å². The van der Waals surface area contributed by atoms with E-state index in [1.165, 1.54) is 16.5 Å². The van der Waals surface area contributed by atoms with Crippen LogP contribution in [-0.4, -0.2) is 132 Å². The van der Waals surface area contributed by atoms with Gasteiger partial charge in [0.25, 0.3) is 0 Å². The first-order valence-corrected chi connectivity index (χ1v) is 26.3. The number of nitrogens with zero attached hydrogens (tertiary/aromatic N) is 5. The van der Waals surface area contributed by atoms with Gasteiger partial charge < -0.3 is 39.2 Å². The Bertz CT molecular complexity index is 2760. The molecule has 4 aliphatic rings. The number of aromatic nitrogens is 1. The quantitative estimate of drug-likeness (QED) is 0.0973. The molecule has 15 nitrogen and oxygen atoms in total. The Balaban J connectivity index is 1.22. The van der Waals surface area contributed by atoms with Crippen LogP contribution in [0.1, 0.15) is 95.4 Å². The lowest BCUT2D eigenvalue weighted by atomic mass is 9.75. The molecule has 3 aliphatic heterocycles. The van der Waals surface area contributed by atoms with Crippen LogP contribution in [0, 0.1) is 22.7 Å². The fraction of sp³-hybridized carbons (Fsp3) is 0.534. The molecule has 1 saturated carbocycles. The summed E-state index contributed by atoms with van der Waals surface area (Å²) in [4.78, 5) is 76.2. The normalized spacial score (nSPS) is 22.7. The first-order chi connectivity index (χ1) is 34.8. The van der Waals surface area contributed by atoms with Gasteiger partial charge in [-0.3, -0.25) is 29.0 Å². The minimum absolute atomic E-state index is 0.0533. The molecule has 3 N–H and O–H groups in total. The number of aromatic hydroxyl groups is 1. The van der Waals surface area contributed by atoms with Gasteiger partial charge in [0.1, 0.15) is 17.8 Å². The molecule has 3 fully saturated rings. The minimum atomic E-state index is -1.19. The molecule has 2 unspecified atom stereocenters. The molecule has 392 valence electrons. The number of methoxy groups -OCH3 is 1. The van der Waals surface area contributed by atoms with Crippen molar-refractivity contribution in [2.75, 3.05) is 54.5 Å². The smallest absolute Gasteiger partial charge is 0.324 e. The number of esters is 1. The van der Waals surface area contributed by atoms with E-state index in [0.29, 0.717) is 71.2 Å². The van der Waals surface area contributed by atoms with Crippen LogP contribution in [0.5, 0.6) is 5.75 Å². The summed E-state index contributed by atoms with van der Waals surface area (Å²) in [5.41, 5.74) is 10.6. The van der Waals surface area contributed by atoms with Crippen LogP contribution in [0.2, 0.25) is 0 Å². The second kappa shape index (κ2) is 21.8. The maximum Gasteiger partial charge on any atom is 0.324 e. The monoisotopic (exact) mass is 1000 g/mol. The molecule has 6 bridgehead atoms. The predicted octanol–water partition coefficient (Wildman–Crippen LogP) is 7.25. The molecule has 15 heteroatoms. The van der Waals surface area contributed by atoms with Crippen molar-refractivity contribution in [2.45, 2.75) is 124 Å². The molecule has 0 radical (unpaired) electrons. The zero-order chi connectivity index (χ0) is 52.5. The number of hydrogen-bond acceptors (Lipinski definition) is 10. The fourth-order valence-electron chi connectivity index (χ4n) is 12.3. The number of nitrogens with one attached hydrogen (secondary N) is 2. The zero-order valence-electron chi connectivity index (χ0n) is 44.5. The second-order valence-corrected chi connectivity index (χ2v) is 22.5. The third-order valence-electron chi connectivity index (χ3n) is 15.7. The van der Waals surface area contributed by atoms with Gasteiger partial charge in [-0.05, 0) is 136 Å². The Morgan fingerprint density at radius 1 is 0.986 bits per heavy atom. The van der Waals surface area contributed by atoms with Crippen LogP contribution in [-0.2, 0) is 66.0 Å². The molecule has 3 aromatic carbocycles. The fourth-order valence-corrected chi connectivity index (χ4v) is 12.3. The number of aryl methyl sites for hydroxylation is 1. The first kappa shape index (κ1) is 53.3. The average molecular weight is 1000 g/mol. The minimum Gasteiger partial charge on any atom is -0.508 e. The third kappa shape index (κ3) is 11.0.